The lowest BCUT2D eigenvalue weighted by Gasteiger charge is -2.19. The van der Waals surface area contributed by atoms with Gasteiger partial charge in [-0.3, -0.25) is 4.79 Å². The number of ether oxygens (including phenoxy) is 1. The topological polar surface area (TPSA) is 46.5 Å². The van der Waals surface area contributed by atoms with E-state index in [1.54, 1.807) is 11.8 Å². The molecular weight excluding hydrogens is 212 g/mol. The first-order valence-corrected chi connectivity index (χ1v) is 6.51. The van der Waals surface area contributed by atoms with Gasteiger partial charge in [-0.15, -0.1) is 0 Å². The van der Waals surface area contributed by atoms with Crippen molar-refractivity contribution >= 4 is 17.7 Å². The molecule has 0 aromatic rings. The van der Waals surface area contributed by atoms with Gasteiger partial charge in [-0.2, -0.15) is 11.8 Å². The molecule has 0 unspecified atom stereocenters. The van der Waals surface area contributed by atoms with Gasteiger partial charge in [0.1, 0.15) is 5.60 Å². The molecule has 15 heavy (non-hydrogen) atoms. The smallest absolute Gasteiger partial charge is 0.316 e. The molecule has 0 atom stereocenters. The van der Waals surface area contributed by atoms with E-state index in [2.05, 4.69) is 0 Å². The normalized spacial score (nSPS) is 11.5. The fraction of sp³-hybridized carbons (Fsp3) is 0.909. The van der Waals surface area contributed by atoms with Crippen molar-refractivity contribution in [3.05, 3.63) is 0 Å². The SMILES string of the molecule is CC(C)(C)OC(=O)CSCCCCCO. The van der Waals surface area contributed by atoms with Crippen LogP contribution >= 0.6 is 11.8 Å². The van der Waals surface area contributed by atoms with E-state index >= 15 is 0 Å². The van der Waals surface area contributed by atoms with Crippen LogP contribution in [-0.4, -0.2) is 34.8 Å². The van der Waals surface area contributed by atoms with Crippen LogP contribution in [-0.2, 0) is 9.53 Å². The summed E-state index contributed by atoms with van der Waals surface area (Å²) in [6.45, 7) is 5.88. The van der Waals surface area contributed by atoms with Gasteiger partial charge in [0.15, 0.2) is 0 Å². The molecule has 0 bridgehead atoms. The lowest BCUT2D eigenvalue weighted by atomic mass is 10.2. The third-order valence-corrected chi connectivity index (χ3v) is 2.60. The predicted octanol–water partition coefficient (Wildman–Crippen LogP) is 2.22. The maximum absolute atomic E-state index is 11.3. The third kappa shape index (κ3) is 11.7. The van der Waals surface area contributed by atoms with E-state index in [0.29, 0.717) is 5.75 Å². The van der Waals surface area contributed by atoms with Crippen LogP contribution in [0.15, 0.2) is 0 Å². The van der Waals surface area contributed by atoms with Crippen LogP contribution in [0.25, 0.3) is 0 Å². The molecule has 1 N–H and O–H groups in total. The molecule has 0 rings (SSSR count). The molecule has 0 aliphatic heterocycles. The first kappa shape index (κ1) is 14.8. The van der Waals surface area contributed by atoms with E-state index in [0.717, 1.165) is 25.0 Å². The van der Waals surface area contributed by atoms with Gasteiger partial charge in [0.2, 0.25) is 0 Å². The molecule has 0 heterocycles. The molecule has 0 aliphatic rings. The Labute approximate surface area is 96.6 Å². The zero-order valence-corrected chi connectivity index (χ0v) is 10.7. The van der Waals surface area contributed by atoms with Gasteiger partial charge in [-0.25, -0.2) is 0 Å². The van der Waals surface area contributed by atoms with E-state index in [1.165, 1.54) is 0 Å². The minimum absolute atomic E-state index is 0.144. The van der Waals surface area contributed by atoms with Crippen molar-refractivity contribution in [1.82, 2.24) is 0 Å². The first-order chi connectivity index (χ1) is 6.95. The highest BCUT2D eigenvalue weighted by Gasteiger charge is 2.15. The second-order valence-corrected chi connectivity index (χ2v) is 5.53. The quantitative estimate of drug-likeness (QED) is 0.542. The Morgan fingerprint density at radius 3 is 2.47 bits per heavy atom. The minimum atomic E-state index is -0.380. The number of thioether (sulfide) groups is 1. The second kappa shape index (κ2) is 7.99. The van der Waals surface area contributed by atoms with Gasteiger partial charge < -0.3 is 9.84 Å². The van der Waals surface area contributed by atoms with E-state index in [1.807, 2.05) is 20.8 Å². The lowest BCUT2D eigenvalue weighted by Crippen LogP contribution is -2.25. The van der Waals surface area contributed by atoms with Gasteiger partial charge in [-0.05, 0) is 39.4 Å². The molecule has 0 aromatic heterocycles. The van der Waals surface area contributed by atoms with Crippen LogP contribution in [0, 0.1) is 0 Å². The van der Waals surface area contributed by atoms with Gasteiger partial charge >= 0.3 is 5.97 Å². The number of carbonyl (C=O) groups is 1. The fourth-order valence-corrected chi connectivity index (χ4v) is 1.80. The number of unbranched alkanes of at least 4 members (excludes halogenated alkanes) is 2. The summed E-state index contributed by atoms with van der Waals surface area (Å²) < 4.78 is 5.17. The second-order valence-electron chi connectivity index (χ2n) is 4.42. The van der Waals surface area contributed by atoms with E-state index in [4.69, 9.17) is 9.84 Å². The highest BCUT2D eigenvalue weighted by atomic mass is 32.2. The summed E-state index contributed by atoms with van der Waals surface area (Å²) in [7, 11) is 0. The fourth-order valence-electron chi connectivity index (χ4n) is 1.02. The third-order valence-electron chi connectivity index (χ3n) is 1.59. The van der Waals surface area contributed by atoms with Crippen molar-refractivity contribution in [2.24, 2.45) is 0 Å². The van der Waals surface area contributed by atoms with Crippen molar-refractivity contribution in [2.75, 3.05) is 18.1 Å². The van der Waals surface area contributed by atoms with Crippen LogP contribution in [0.3, 0.4) is 0 Å². The molecule has 0 amide bonds. The van der Waals surface area contributed by atoms with Gasteiger partial charge in [0.25, 0.3) is 0 Å². The monoisotopic (exact) mass is 234 g/mol. The van der Waals surface area contributed by atoms with E-state index < -0.39 is 0 Å². The summed E-state index contributed by atoms with van der Waals surface area (Å²) in [5.41, 5.74) is -0.380. The molecule has 0 spiro atoms. The minimum Gasteiger partial charge on any atom is -0.459 e. The maximum atomic E-state index is 11.3. The zero-order chi connectivity index (χ0) is 11.7. The molecule has 0 aromatic carbocycles. The average Bonchev–Trinajstić information content (AvgIpc) is 2.08. The van der Waals surface area contributed by atoms with Gasteiger partial charge in [-0.1, -0.05) is 6.42 Å². The molecule has 0 saturated carbocycles. The molecule has 90 valence electrons. The van der Waals surface area contributed by atoms with Crippen LogP contribution in [0.1, 0.15) is 40.0 Å². The summed E-state index contributed by atoms with van der Waals surface area (Å²) in [5, 5.41) is 8.56. The van der Waals surface area contributed by atoms with Crippen molar-refractivity contribution in [2.45, 2.75) is 45.6 Å². The molecule has 3 nitrogen and oxygen atoms in total. The van der Waals surface area contributed by atoms with Crippen molar-refractivity contribution < 1.29 is 14.6 Å². The van der Waals surface area contributed by atoms with Gasteiger partial charge in [0.05, 0.1) is 5.75 Å². The number of esters is 1. The Morgan fingerprint density at radius 2 is 1.93 bits per heavy atom. The molecule has 0 saturated heterocycles. The van der Waals surface area contributed by atoms with Crippen LogP contribution in [0.4, 0.5) is 0 Å². The Hall–Kier alpha value is -0.220. The van der Waals surface area contributed by atoms with Gasteiger partial charge in [0, 0.05) is 6.61 Å². The molecule has 0 aliphatic carbocycles. The van der Waals surface area contributed by atoms with Crippen LogP contribution in [0.5, 0.6) is 0 Å². The number of rotatable bonds is 7. The zero-order valence-electron chi connectivity index (χ0n) is 9.91. The highest BCUT2D eigenvalue weighted by molar-refractivity contribution is 7.99. The number of hydrogen-bond donors (Lipinski definition) is 1. The Kier molecular flexibility index (Phi) is 7.88. The predicted molar refractivity (Wildman–Crippen MR) is 64.1 cm³/mol. The molecular formula is C11H22O3S. The van der Waals surface area contributed by atoms with Crippen molar-refractivity contribution in [3.63, 3.8) is 0 Å². The maximum Gasteiger partial charge on any atom is 0.316 e. The van der Waals surface area contributed by atoms with Crippen molar-refractivity contribution in [1.29, 1.82) is 0 Å². The lowest BCUT2D eigenvalue weighted by molar-refractivity contribution is -0.151. The summed E-state index contributed by atoms with van der Waals surface area (Å²) in [4.78, 5) is 11.3. The van der Waals surface area contributed by atoms with Crippen LogP contribution < -0.4 is 0 Å². The Balaban J connectivity index is 3.32. The first-order valence-electron chi connectivity index (χ1n) is 5.36. The number of aliphatic hydroxyl groups excluding tert-OH is 1. The summed E-state index contributed by atoms with van der Waals surface area (Å²) in [5.74, 6) is 1.24. The summed E-state index contributed by atoms with van der Waals surface area (Å²) in [6, 6.07) is 0. The van der Waals surface area contributed by atoms with Crippen LogP contribution in [0.2, 0.25) is 0 Å². The Bertz CT molecular complexity index is 175. The standard InChI is InChI=1S/C11H22O3S/c1-11(2,3)14-10(13)9-15-8-6-4-5-7-12/h12H,4-9H2,1-3H3. The number of hydrogen-bond acceptors (Lipinski definition) is 4. The summed E-state index contributed by atoms with van der Waals surface area (Å²) >= 11 is 1.60. The molecule has 4 heteroatoms. The number of carbonyl (C=O) groups excluding carboxylic acids is 1. The largest absolute Gasteiger partial charge is 0.459 e. The number of aliphatic hydroxyl groups is 1. The Morgan fingerprint density at radius 1 is 1.27 bits per heavy atom. The van der Waals surface area contributed by atoms with E-state index in [-0.39, 0.29) is 18.2 Å². The highest BCUT2D eigenvalue weighted by Crippen LogP contribution is 2.11. The average molecular weight is 234 g/mol. The van der Waals surface area contributed by atoms with Crippen molar-refractivity contribution in [3.8, 4) is 0 Å². The summed E-state index contributed by atoms with van der Waals surface area (Å²) in [6.07, 6.45) is 2.93. The molecule has 0 fully saturated rings. The molecule has 0 radical (unpaired) electrons. The van der Waals surface area contributed by atoms with E-state index in [9.17, 15) is 4.79 Å².